The van der Waals surface area contributed by atoms with Crippen LogP contribution in [-0.4, -0.2) is 33.6 Å². The smallest absolute Gasteiger partial charge is 0.315 e. The number of nitrogens with zero attached hydrogens (tertiary/aromatic N) is 2. The highest BCUT2D eigenvalue weighted by molar-refractivity contribution is 5.81. The van der Waals surface area contributed by atoms with E-state index in [1.54, 1.807) is 12.1 Å². The standard InChI is InChI=1S/C32H37FN4O2/c1-20(2)15-27(22-9-14-28-23(16-22)18-35-37(28)25-12-10-24(33)11-13-25)32(3,4)19-34-31(39)36-30-26-8-6-5-7-21(26)17-29(30)38/h5-14,16,18,20,27,29-30,38H,15,17,19H2,1-4H3,(H2,34,36,39)/t27?,29-,30+/m0/s1. The summed E-state index contributed by atoms with van der Waals surface area (Å²) in [5.74, 6) is 0.378. The van der Waals surface area contributed by atoms with Gasteiger partial charge in [0.25, 0.3) is 0 Å². The maximum Gasteiger partial charge on any atom is 0.315 e. The van der Waals surface area contributed by atoms with E-state index >= 15 is 0 Å². The topological polar surface area (TPSA) is 79.2 Å². The van der Waals surface area contributed by atoms with Crippen LogP contribution in [0, 0.1) is 17.2 Å². The molecule has 0 saturated carbocycles. The third kappa shape index (κ3) is 5.69. The number of urea groups is 1. The second-order valence-electron chi connectivity index (χ2n) is 11.8. The summed E-state index contributed by atoms with van der Waals surface area (Å²) in [5.41, 5.74) is 4.77. The van der Waals surface area contributed by atoms with Crippen molar-refractivity contribution in [3.63, 3.8) is 0 Å². The van der Waals surface area contributed by atoms with Gasteiger partial charge in [-0.15, -0.1) is 0 Å². The fourth-order valence-electron chi connectivity index (χ4n) is 5.81. The van der Waals surface area contributed by atoms with E-state index in [4.69, 9.17) is 0 Å². The van der Waals surface area contributed by atoms with Crippen molar-refractivity contribution in [1.82, 2.24) is 20.4 Å². The Hall–Kier alpha value is -3.71. The molecule has 6 nitrogen and oxygen atoms in total. The van der Waals surface area contributed by atoms with Gasteiger partial charge in [-0.05, 0) is 76.8 Å². The van der Waals surface area contributed by atoms with Crippen LogP contribution in [0.1, 0.15) is 62.8 Å². The van der Waals surface area contributed by atoms with Gasteiger partial charge in [-0.2, -0.15) is 5.10 Å². The van der Waals surface area contributed by atoms with E-state index in [1.165, 1.54) is 17.7 Å². The number of hydrogen-bond donors (Lipinski definition) is 3. The molecule has 1 aliphatic carbocycles. The third-order valence-electron chi connectivity index (χ3n) is 7.91. The van der Waals surface area contributed by atoms with E-state index in [0.717, 1.165) is 34.1 Å². The van der Waals surface area contributed by atoms with Gasteiger partial charge in [0.2, 0.25) is 0 Å². The van der Waals surface area contributed by atoms with E-state index in [2.05, 4.69) is 61.6 Å². The van der Waals surface area contributed by atoms with E-state index < -0.39 is 12.1 Å². The fraction of sp³-hybridized carbons (Fsp3) is 0.375. The van der Waals surface area contributed by atoms with Gasteiger partial charge >= 0.3 is 6.03 Å². The third-order valence-corrected chi connectivity index (χ3v) is 7.91. The van der Waals surface area contributed by atoms with Crippen molar-refractivity contribution in [2.24, 2.45) is 11.3 Å². The molecule has 0 radical (unpaired) electrons. The quantitative estimate of drug-likeness (QED) is 0.252. The number of aromatic nitrogens is 2. The number of fused-ring (bicyclic) bond motifs is 2. The Morgan fingerprint density at radius 1 is 1.13 bits per heavy atom. The summed E-state index contributed by atoms with van der Waals surface area (Å²) in [6.07, 6.45) is 2.72. The molecule has 1 heterocycles. The van der Waals surface area contributed by atoms with Crippen LogP contribution in [0.2, 0.25) is 0 Å². The molecule has 3 N–H and O–H groups in total. The largest absolute Gasteiger partial charge is 0.390 e. The molecular formula is C32H37FN4O2. The van der Waals surface area contributed by atoms with Crippen molar-refractivity contribution in [2.75, 3.05) is 6.54 Å². The average molecular weight is 529 g/mol. The molecule has 1 aliphatic rings. The van der Waals surface area contributed by atoms with E-state index in [1.807, 2.05) is 35.1 Å². The number of aliphatic hydroxyl groups is 1. The van der Waals surface area contributed by atoms with Gasteiger partial charge in [0, 0.05) is 18.4 Å². The Morgan fingerprint density at radius 3 is 2.62 bits per heavy atom. The lowest BCUT2D eigenvalue weighted by atomic mass is 9.71. The van der Waals surface area contributed by atoms with Crippen LogP contribution >= 0.6 is 0 Å². The summed E-state index contributed by atoms with van der Waals surface area (Å²) in [4.78, 5) is 12.9. The number of hydrogen-bond acceptors (Lipinski definition) is 3. The number of carbonyl (C=O) groups excluding carboxylic acids is 1. The van der Waals surface area contributed by atoms with Crippen LogP contribution in [0.5, 0.6) is 0 Å². The van der Waals surface area contributed by atoms with Crippen molar-refractivity contribution in [3.8, 4) is 5.69 Å². The Labute approximate surface area is 229 Å². The summed E-state index contributed by atoms with van der Waals surface area (Å²) in [5, 5.41) is 22.2. The molecule has 0 spiro atoms. The molecule has 0 aliphatic heterocycles. The summed E-state index contributed by atoms with van der Waals surface area (Å²) in [6, 6.07) is 19.9. The van der Waals surface area contributed by atoms with Crippen LogP contribution in [-0.2, 0) is 6.42 Å². The SMILES string of the molecule is CC(C)CC(c1ccc2c(cnn2-c2ccc(F)cc2)c1)C(C)(C)CNC(=O)N[C@@H]1c2ccccc2C[C@@H]1O. The molecule has 1 unspecified atom stereocenters. The summed E-state index contributed by atoms with van der Waals surface area (Å²) in [6.45, 7) is 9.28. The van der Waals surface area contributed by atoms with Crippen molar-refractivity contribution in [2.45, 2.75) is 58.6 Å². The van der Waals surface area contributed by atoms with Crippen LogP contribution in [0.25, 0.3) is 16.6 Å². The lowest BCUT2D eigenvalue weighted by molar-refractivity contribution is 0.141. The Balaban J connectivity index is 1.32. The van der Waals surface area contributed by atoms with Gasteiger partial charge in [0.1, 0.15) is 5.82 Å². The lowest BCUT2D eigenvalue weighted by Gasteiger charge is -2.36. The molecule has 0 fully saturated rings. The van der Waals surface area contributed by atoms with Crippen LogP contribution in [0.4, 0.5) is 9.18 Å². The zero-order chi connectivity index (χ0) is 27.7. The molecule has 0 bridgehead atoms. The first-order valence-electron chi connectivity index (χ1n) is 13.7. The van der Waals surface area contributed by atoms with Gasteiger partial charge in [-0.1, -0.05) is 58.0 Å². The van der Waals surface area contributed by atoms with Crippen LogP contribution < -0.4 is 10.6 Å². The van der Waals surface area contributed by atoms with E-state index in [-0.39, 0.29) is 23.2 Å². The average Bonchev–Trinajstić information content (AvgIpc) is 3.46. The van der Waals surface area contributed by atoms with Crippen LogP contribution in [0.3, 0.4) is 0 Å². The van der Waals surface area contributed by atoms with Gasteiger partial charge in [0.15, 0.2) is 0 Å². The molecule has 0 saturated heterocycles. The minimum absolute atomic E-state index is 0.189. The number of carbonyl (C=O) groups is 1. The first-order chi connectivity index (χ1) is 18.6. The highest BCUT2D eigenvalue weighted by Gasteiger charge is 2.34. The highest BCUT2D eigenvalue weighted by Crippen LogP contribution is 2.41. The molecule has 5 rings (SSSR count). The van der Waals surface area contributed by atoms with Gasteiger partial charge in [0.05, 0.1) is 29.5 Å². The molecule has 204 valence electrons. The van der Waals surface area contributed by atoms with E-state index in [9.17, 15) is 14.3 Å². The molecule has 3 aromatic carbocycles. The summed E-state index contributed by atoms with van der Waals surface area (Å²) in [7, 11) is 0. The van der Waals surface area contributed by atoms with Crippen molar-refractivity contribution >= 4 is 16.9 Å². The zero-order valence-corrected chi connectivity index (χ0v) is 23.0. The summed E-state index contributed by atoms with van der Waals surface area (Å²) >= 11 is 0. The number of benzene rings is 3. The maximum atomic E-state index is 13.4. The predicted octanol–water partition coefficient (Wildman–Crippen LogP) is 6.28. The maximum absolute atomic E-state index is 13.4. The number of amides is 2. The normalized spacial score (nSPS) is 17.8. The minimum atomic E-state index is -0.627. The Bertz CT molecular complexity index is 1460. The summed E-state index contributed by atoms with van der Waals surface area (Å²) < 4.78 is 15.2. The molecule has 3 atom stereocenters. The number of rotatable bonds is 8. The number of nitrogens with one attached hydrogen (secondary N) is 2. The highest BCUT2D eigenvalue weighted by atomic mass is 19.1. The molecule has 4 aromatic rings. The molecule has 1 aromatic heterocycles. The zero-order valence-electron chi connectivity index (χ0n) is 23.0. The Morgan fingerprint density at radius 2 is 1.87 bits per heavy atom. The lowest BCUT2D eigenvalue weighted by Crippen LogP contribution is -2.45. The predicted molar refractivity (Wildman–Crippen MR) is 152 cm³/mol. The fourth-order valence-corrected chi connectivity index (χ4v) is 5.81. The van der Waals surface area contributed by atoms with Gasteiger partial charge < -0.3 is 15.7 Å². The van der Waals surface area contributed by atoms with Gasteiger partial charge in [-0.3, -0.25) is 0 Å². The van der Waals surface area contributed by atoms with Crippen molar-refractivity contribution < 1.29 is 14.3 Å². The van der Waals surface area contributed by atoms with Crippen molar-refractivity contribution in [3.05, 3.63) is 95.4 Å². The minimum Gasteiger partial charge on any atom is -0.390 e. The van der Waals surface area contributed by atoms with Gasteiger partial charge in [-0.25, -0.2) is 13.9 Å². The number of halogens is 1. The van der Waals surface area contributed by atoms with Crippen molar-refractivity contribution in [1.29, 1.82) is 0 Å². The Kier molecular flexibility index (Phi) is 7.45. The monoisotopic (exact) mass is 528 g/mol. The first kappa shape index (κ1) is 26.9. The van der Waals surface area contributed by atoms with E-state index in [0.29, 0.717) is 18.9 Å². The second kappa shape index (κ2) is 10.8. The number of aliphatic hydroxyl groups excluding tert-OH is 1. The first-order valence-corrected chi connectivity index (χ1v) is 13.7. The second-order valence-corrected chi connectivity index (χ2v) is 11.8. The molecular weight excluding hydrogens is 491 g/mol. The van der Waals surface area contributed by atoms with Crippen LogP contribution in [0.15, 0.2) is 72.9 Å². The molecule has 39 heavy (non-hydrogen) atoms. The molecule has 2 amide bonds. The molecule has 7 heteroatoms.